The second-order valence-electron chi connectivity index (χ2n) is 4.04. The first-order chi connectivity index (χ1) is 7.20. The Labute approximate surface area is 89.8 Å². The number of aromatic nitrogens is 2. The molecule has 3 nitrogen and oxygen atoms in total. The predicted octanol–water partition coefficient (Wildman–Crippen LogP) is 2.20. The molecule has 0 unspecified atom stereocenters. The van der Waals surface area contributed by atoms with E-state index < -0.39 is 0 Å². The van der Waals surface area contributed by atoms with Crippen molar-refractivity contribution in [3.8, 4) is 0 Å². The van der Waals surface area contributed by atoms with Crippen LogP contribution in [0, 0.1) is 12.8 Å². The minimum Gasteiger partial charge on any atom is -0.295 e. The maximum atomic E-state index is 11.5. The molecule has 80 valence electrons. The van der Waals surface area contributed by atoms with Crippen LogP contribution in [-0.2, 0) is 11.3 Å². The molecule has 1 aromatic rings. The van der Waals surface area contributed by atoms with Crippen molar-refractivity contribution in [3.63, 3.8) is 0 Å². The molecule has 0 saturated heterocycles. The van der Waals surface area contributed by atoms with Crippen LogP contribution >= 0.6 is 0 Å². The Bertz CT molecular complexity index is 400. The van der Waals surface area contributed by atoms with Crippen molar-refractivity contribution in [2.45, 2.75) is 33.2 Å². The Morgan fingerprint density at radius 2 is 2.40 bits per heavy atom. The average molecular weight is 204 g/mol. The molecule has 3 heteroatoms. The summed E-state index contributed by atoms with van der Waals surface area (Å²) in [6.45, 7) is 4.88. The zero-order valence-electron chi connectivity index (χ0n) is 9.23. The van der Waals surface area contributed by atoms with Crippen molar-refractivity contribution in [3.05, 3.63) is 23.5 Å². The molecular formula is C12H16N2O. The highest BCUT2D eigenvalue weighted by atomic mass is 16.1. The van der Waals surface area contributed by atoms with Crippen molar-refractivity contribution < 1.29 is 4.79 Å². The van der Waals surface area contributed by atoms with Crippen LogP contribution in [0.2, 0.25) is 0 Å². The molecule has 15 heavy (non-hydrogen) atoms. The second-order valence-corrected chi connectivity index (χ2v) is 4.04. The van der Waals surface area contributed by atoms with Gasteiger partial charge in [0.25, 0.3) is 0 Å². The number of ketones is 1. The van der Waals surface area contributed by atoms with Crippen LogP contribution in [0.25, 0.3) is 6.08 Å². The molecule has 0 radical (unpaired) electrons. The van der Waals surface area contributed by atoms with E-state index in [1.807, 2.05) is 23.9 Å². The van der Waals surface area contributed by atoms with Crippen LogP contribution in [0.5, 0.6) is 0 Å². The zero-order valence-corrected chi connectivity index (χ0v) is 9.23. The van der Waals surface area contributed by atoms with E-state index in [4.69, 9.17) is 0 Å². The van der Waals surface area contributed by atoms with Gasteiger partial charge < -0.3 is 0 Å². The van der Waals surface area contributed by atoms with Crippen molar-refractivity contribution in [1.82, 2.24) is 9.78 Å². The fourth-order valence-electron chi connectivity index (χ4n) is 1.53. The lowest BCUT2D eigenvalue weighted by molar-refractivity contribution is -0.115. The van der Waals surface area contributed by atoms with Gasteiger partial charge in [-0.25, -0.2) is 0 Å². The van der Waals surface area contributed by atoms with Gasteiger partial charge >= 0.3 is 0 Å². The third kappa shape index (κ3) is 2.35. The number of aryl methyl sites for hydroxylation is 2. The molecule has 0 bridgehead atoms. The number of allylic oxidation sites excluding steroid dienone is 1. The molecular weight excluding hydrogens is 188 g/mol. The maximum absolute atomic E-state index is 11.5. The third-order valence-electron chi connectivity index (χ3n) is 2.72. The van der Waals surface area contributed by atoms with Gasteiger partial charge in [0.05, 0.1) is 5.69 Å². The Balaban J connectivity index is 2.08. The minimum atomic E-state index is 0.263. The van der Waals surface area contributed by atoms with Gasteiger partial charge in [-0.15, -0.1) is 0 Å². The van der Waals surface area contributed by atoms with E-state index in [2.05, 4.69) is 12.0 Å². The van der Waals surface area contributed by atoms with Crippen molar-refractivity contribution in [2.75, 3.05) is 0 Å². The Morgan fingerprint density at radius 1 is 1.67 bits per heavy atom. The maximum Gasteiger partial charge on any atom is 0.158 e. The van der Waals surface area contributed by atoms with E-state index >= 15 is 0 Å². The summed E-state index contributed by atoms with van der Waals surface area (Å²) in [7, 11) is 0. The number of carbonyl (C=O) groups excluding carboxylic acids is 1. The van der Waals surface area contributed by atoms with Gasteiger partial charge in [-0.3, -0.25) is 9.48 Å². The first-order valence-electron chi connectivity index (χ1n) is 5.46. The molecule has 1 aliphatic rings. The van der Waals surface area contributed by atoms with Crippen LogP contribution in [0.1, 0.15) is 31.0 Å². The predicted molar refractivity (Wildman–Crippen MR) is 59.4 cm³/mol. The smallest absolute Gasteiger partial charge is 0.158 e. The van der Waals surface area contributed by atoms with E-state index in [0.717, 1.165) is 30.6 Å². The molecule has 0 aromatic carbocycles. The summed E-state index contributed by atoms with van der Waals surface area (Å²) >= 11 is 0. The van der Waals surface area contributed by atoms with E-state index in [1.54, 1.807) is 6.08 Å². The summed E-state index contributed by atoms with van der Waals surface area (Å²) in [5.74, 6) is 0.571. The van der Waals surface area contributed by atoms with Gasteiger partial charge in [-0.1, -0.05) is 0 Å². The molecule has 0 aliphatic heterocycles. The second kappa shape index (κ2) is 4.01. The molecule has 1 heterocycles. The lowest BCUT2D eigenvalue weighted by atomic mass is 10.2. The van der Waals surface area contributed by atoms with E-state index in [9.17, 15) is 4.79 Å². The highest BCUT2D eigenvalue weighted by Gasteiger charge is 2.27. The largest absolute Gasteiger partial charge is 0.295 e. The van der Waals surface area contributed by atoms with Crippen LogP contribution in [0.4, 0.5) is 0 Å². The molecule has 2 rings (SSSR count). The highest BCUT2D eigenvalue weighted by Crippen LogP contribution is 2.30. The molecule has 1 fully saturated rings. The van der Waals surface area contributed by atoms with Gasteiger partial charge in [0.1, 0.15) is 0 Å². The quantitative estimate of drug-likeness (QED) is 0.705. The molecule has 0 spiro atoms. The summed E-state index contributed by atoms with van der Waals surface area (Å²) < 4.78 is 1.89. The normalized spacial score (nSPS) is 16.1. The molecule has 1 saturated carbocycles. The minimum absolute atomic E-state index is 0.263. The zero-order chi connectivity index (χ0) is 10.8. The monoisotopic (exact) mass is 204 g/mol. The van der Waals surface area contributed by atoms with Gasteiger partial charge in [0, 0.05) is 24.2 Å². The first kappa shape index (κ1) is 10.1. The van der Waals surface area contributed by atoms with Gasteiger partial charge in [-0.05, 0) is 38.8 Å². The summed E-state index contributed by atoms with van der Waals surface area (Å²) in [5, 5.41) is 4.32. The van der Waals surface area contributed by atoms with Crippen molar-refractivity contribution >= 4 is 11.9 Å². The lowest BCUT2D eigenvalue weighted by Crippen LogP contribution is -1.93. The molecule has 0 atom stereocenters. The molecule has 1 aromatic heterocycles. The van der Waals surface area contributed by atoms with Crippen molar-refractivity contribution in [1.29, 1.82) is 0 Å². The SMILES string of the molecule is CCn1cc(/C=C/C(=O)C2CC2)c(C)n1. The van der Waals surface area contributed by atoms with Crippen LogP contribution in [-0.4, -0.2) is 15.6 Å². The number of rotatable bonds is 4. The molecule has 0 N–H and O–H groups in total. The standard InChI is InChI=1S/C12H16N2O/c1-3-14-8-11(9(2)13-14)6-7-12(15)10-4-5-10/h6-8,10H,3-5H2,1-2H3/b7-6+. The summed E-state index contributed by atoms with van der Waals surface area (Å²) in [5.41, 5.74) is 2.03. The van der Waals surface area contributed by atoms with E-state index in [0.29, 0.717) is 5.92 Å². The van der Waals surface area contributed by atoms with E-state index in [-0.39, 0.29) is 5.78 Å². The van der Waals surface area contributed by atoms with E-state index in [1.165, 1.54) is 0 Å². The fourth-order valence-corrected chi connectivity index (χ4v) is 1.53. The average Bonchev–Trinajstić information content (AvgIpc) is 3.00. The number of carbonyl (C=O) groups is 1. The van der Waals surface area contributed by atoms with Gasteiger partial charge in [0.15, 0.2) is 5.78 Å². The van der Waals surface area contributed by atoms with Gasteiger partial charge in [0.2, 0.25) is 0 Å². The van der Waals surface area contributed by atoms with Crippen molar-refractivity contribution in [2.24, 2.45) is 5.92 Å². The lowest BCUT2D eigenvalue weighted by Gasteiger charge is -1.89. The Morgan fingerprint density at radius 3 is 2.93 bits per heavy atom. The third-order valence-corrected chi connectivity index (χ3v) is 2.72. The molecule has 0 amide bonds. The summed E-state index contributed by atoms with van der Waals surface area (Å²) in [6.07, 6.45) is 7.69. The number of hydrogen-bond acceptors (Lipinski definition) is 2. The van der Waals surface area contributed by atoms with Gasteiger partial charge in [-0.2, -0.15) is 5.10 Å². The Hall–Kier alpha value is -1.38. The fraction of sp³-hybridized carbons (Fsp3) is 0.500. The van der Waals surface area contributed by atoms with Crippen LogP contribution < -0.4 is 0 Å². The highest BCUT2D eigenvalue weighted by molar-refractivity contribution is 5.96. The summed E-state index contributed by atoms with van der Waals surface area (Å²) in [4.78, 5) is 11.5. The molecule has 1 aliphatic carbocycles. The number of nitrogens with zero attached hydrogens (tertiary/aromatic N) is 2. The number of hydrogen-bond donors (Lipinski definition) is 0. The topological polar surface area (TPSA) is 34.9 Å². The first-order valence-corrected chi connectivity index (χ1v) is 5.46. The van der Waals surface area contributed by atoms with Crippen LogP contribution in [0.3, 0.4) is 0 Å². The summed E-state index contributed by atoms with van der Waals surface area (Å²) in [6, 6.07) is 0. The Kier molecular flexibility index (Phi) is 2.71. The van der Waals surface area contributed by atoms with Crippen LogP contribution in [0.15, 0.2) is 12.3 Å².